The summed E-state index contributed by atoms with van der Waals surface area (Å²) in [5.74, 6) is -0.453. The van der Waals surface area contributed by atoms with E-state index >= 15 is 0 Å². The first-order valence-electron chi connectivity index (χ1n) is 9.82. The average molecular weight is 424 g/mol. The molecule has 8 heteroatoms. The van der Waals surface area contributed by atoms with Crippen molar-refractivity contribution in [1.29, 1.82) is 5.41 Å². The summed E-state index contributed by atoms with van der Waals surface area (Å²) in [5.41, 5.74) is 0.526. The Balaban J connectivity index is 2.11. The van der Waals surface area contributed by atoms with Gasteiger partial charge in [0, 0.05) is 12.7 Å². The summed E-state index contributed by atoms with van der Waals surface area (Å²) in [7, 11) is 1.51. The van der Waals surface area contributed by atoms with E-state index < -0.39 is 24.4 Å². The van der Waals surface area contributed by atoms with Crippen molar-refractivity contribution in [1.82, 2.24) is 0 Å². The molecule has 0 saturated carbocycles. The van der Waals surface area contributed by atoms with Crippen LogP contribution in [-0.2, 0) is 20.7 Å². The highest BCUT2D eigenvalue weighted by Crippen LogP contribution is 2.26. The molecular weight excluding hydrogens is 397 g/mol. The van der Waals surface area contributed by atoms with E-state index in [9.17, 15) is 18.0 Å². The molecule has 2 atom stereocenters. The van der Waals surface area contributed by atoms with Gasteiger partial charge in [-0.2, -0.15) is 13.2 Å². The number of nitrogens with zero attached hydrogens (tertiary/aromatic N) is 1. The zero-order valence-electron chi connectivity index (χ0n) is 17.4. The standard InChI is InChI=1S/C22H27F3N2O3/c1-4-14(2)9-18(26)21(28)17(11-29-3)10-15-5-7-16(8-6-15)19-12-30-13-20(27-19)22(23,24)25/h5-8,12,14,17,26H,4,9-11,13H2,1-3H3. The highest BCUT2D eigenvalue weighted by molar-refractivity contribution is 6.39. The lowest BCUT2D eigenvalue weighted by Gasteiger charge is -2.18. The van der Waals surface area contributed by atoms with E-state index in [1.807, 2.05) is 13.8 Å². The molecule has 0 spiro atoms. The Morgan fingerprint density at radius 1 is 1.30 bits per heavy atom. The number of carbonyl (C=O) groups is 1. The number of ether oxygens (including phenoxy) is 2. The number of alkyl halides is 3. The van der Waals surface area contributed by atoms with Gasteiger partial charge in [0.25, 0.3) is 0 Å². The average Bonchev–Trinajstić information content (AvgIpc) is 2.72. The minimum Gasteiger partial charge on any atom is -0.493 e. The molecule has 1 aromatic carbocycles. The summed E-state index contributed by atoms with van der Waals surface area (Å²) in [6.07, 6.45) is -1.63. The quantitative estimate of drug-likeness (QED) is 0.546. The van der Waals surface area contributed by atoms with Gasteiger partial charge < -0.3 is 14.9 Å². The molecule has 2 rings (SSSR count). The second kappa shape index (κ2) is 10.5. The molecule has 1 aliphatic heterocycles. The predicted octanol–water partition coefficient (Wildman–Crippen LogP) is 4.85. The number of methoxy groups -OCH3 is 1. The van der Waals surface area contributed by atoms with Crippen LogP contribution in [0.1, 0.15) is 37.8 Å². The summed E-state index contributed by atoms with van der Waals surface area (Å²) in [6.45, 7) is 3.61. The van der Waals surface area contributed by atoms with Gasteiger partial charge in [-0.05, 0) is 24.3 Å². The maximum absolute atomic E-state index is 12.9. The number of aliphatic imine (C=N–C) groups is 1. The molecule has 2 unspecified atom stereocenters. The van der Waals surface area contributed by atoms with Gasteiger partial charge in [-0.3, -0.25) is 4.79 Å². The molecule has 0 aromatic heterocycles. The Labute approximate surface area is 174 Å². The fourth-order valence-electron chi connectivity index (χ4n) is 3.05. The molecule has 1 aromatic rings. The van der Waals surface area contributed by atoms with Crippen LogP contribution in [0.15, 0.2) is 35.5 Å². The Morgan fingerprint density at radius 2 is 1.97 bits per heavy atom. The van der Waals surface area contributed by atoms with E-state index in [0.717, 1.165) is 12.0 Å². The third-order valence-corrected chi connectivity index (χ3v) is 5.02. The van der Waals surface area contributed by atoms with E-state index in [2.05, 4.69) is 4.99 Å². The lowest BCUT2D eigenvalue weighted by molar-refractivity contribution is -0.118. The van der Waals surface area contributed by atoms with Crippen molar-refractivity contribution in [3.05, 3.63) is 41.7 Å². The monoisotopic (exact) mass is 424 g/mol. The van der Waals surface area contributed by atoms with E-state index in [0.29, 0.717) is 18.4 Å². The largest absolute Gasteiger partial charge is 0.493 e. The third-order valence-electron chi connectivity index (χ3n) is 5.02. The van der Waals surface area contributed by atoms with Gasteiger partial charge in [-0.25, -0.2) is 4.99 Å². The smallest absolute Gasteiger partial charge is 0.432 e. The summed E-state index contributed by atoms with van der Waals surface area (Å²) in [4.78, 5) is 16.3. The summed E-state index contributed by atoms with van der Waals surface area (Å²) >= 11 is 0. The van der Waals surface area contributed by atoms with E-state index in [-0.39, 0.29) is 29.7 Å². The van der Waals surface area contributed by atoms with Crippen molar-refractivity contribution in [3.63, 3.8) is 0 Å². The number of nitrogens with one attached hydrogen (secondary N) is 1. The van der Waals surface area contributed by atoms with Crippen LogP contribution in [0.4, 0.5) is 13.2 Å². The van der Waals surface area contributed by atoms with E-state index in [1.54, 1.807) is 24.3 Å². The van der Waals surface area contributed by atoms with Crippen molar-refractivity contribution in [3.8, 4) is 0 Å². The van der Waals surface area contributed by atoms with Crippen molar-refractivity contribution < 1.29 is 27.4 Å². The summed E-state index contributed by atoms with van der Waals surface area (Å²) in [6, 6.07) is 6.77. The Morgan fingerprint density at radius 3 is 2.53 bits per heavy atom. The molecule has 1 N–H and O–H groups in total. The maximum atomic E-state index is 12.9. The topological polar surface area (TPSA) is 71.7 Å². The molecule has 0 aliphatic carbocycles. The Kier molecular flexibility index (Phi) is 8.34. The predicted molar refractivity (Wildman–Crippen MR) is 110 cm³/mol. The molecule has 0 bridgehead atoms. The fourth-order valence-corrected chi connectivity index (χ4v) is 3.05. The Hall–Kier alpha value is -2.48. The van der Waals surface area contributed by atoms with Gasteiger partial charge in [0.05, 0.1) is 18.2 Å². The normalized spacial score (nSPS) is 16.2. The minimum atomic E-state index is -4.53. The number of ketones is 1. The molecule has 5 nitrogen and oxygen atoms in total. The number of Topliss-reactive ketones (excluding diaryl/α,β-unsaturated/α-hetero) is 1. The van der Waals surface area contributed by atoms with Crippen molar-refractivity contribution in [2.75, 3.05) is 20.3 Å². The third kappa shape index (κ3) is 6.52. The number of benzene rings is 1. The van der Waals surface area contributed by atoms with Crippen LogP contribution in [-0.4, -0.2) is 43.7 Å². The van der Waals surface area contributed by atoms with Crippen LogP contribution in [0.5, 0.6) is 0 Å². The second-order valence-electron chi connectivity index (χ2n) is 7.48. The Bertz CT molecular complexity index is 814. The number of carbonyl (C=O) groups excluding carboxylic acids is 1. The van der Waals surface area contributed by atoms with Gasteiger partial charge in [-0.15, -0.1) is 0 Å². The highest BCUT2D eigenvalue weighted by Gasteiger charge is 2.37. The molecule has 0 radical (unpaired) electrons. The van der Waals surface area contributed by atoms with Crippen LogP contribution in [0.2, 0.25) is 0 Å². The first-order chi connectivity index (χ1) is 14.2. The fraction of sp³-hybridized carbons (Fsp3) is 0.500. The van der Waals surface area contributed by atoms with Crippen LogP contribution in [0.25, 0.3) is 5.70 Å². The minimum absolute atomic E-state index is 0.0972. The number of halogens is 3. The van der Waals surface area contributed by atoms with Gasteiger partial charge in [-0.1, -0.05) is 44.5 Å². The van der Waals surface area contributed by atoms with Crippen molar-refractivity contribution in [2.24, 2.45) is 16.8 Å². The molecule has 0 amide bonds. The molecule has 0 saturated heterocycles. The highest BCUT2D eigenvalue weighted by atomic mass is 19.4. The van der Waals surface area contributed by atoms with Crippen LogP contribution < -0.4 is 0 Å². The lowest BCUT2D eigenvalue weighted by atomic mass is 9.89. The first-order valence-corrected chi connectivity index (χ1v) is 9.82. The zero-order chi connectivity index (χ0) is 22.3. The molecule has 1 heterocycles. The number of rotatable bonds is 10. The molecule has 1 aliphatic rings. The van der Waals surface area contributed by atoms with Crippen molar-refractivity contribution >= 4 is 22.9 Å². The summed E-state index contributed by atoms with van der Waals surface area (Å²) in [5, 5.41) is 8.11. The molecule has 164 valence electrons. The lowest BCUT2D eigenvalue weighted by Crippen LogP contribution is -2.29. The summed E-state index contributed by atoms with van der Waals surface area (Å²) < 4.78 is 48.6. The molecule has 30 heavy (non-hydrogen) atoms. The van der Waals surface area contributed by atoms with Gasteiger partial charge in [0.1, 0.15) is 18.6 Å². The number of hydrogen-bond donors (Lipinski definition) is 1. The number of hydrogen-bond acceptors (Lipinski definition) is 5. The molecule has 0 fully saturated rings. The van der Waals surface area contributed by atoms with E-state index in [1.165, 1.54) is 13.4 Å². The van der Waals surface area contributed by atoms with Gasteiger partial charge >= 0.3 is 6.18 Å². The van der Waals surface area contributed by atoms with Crippen LogP contribution >= 0.6 is 0 Å². The van der Waals surface area contributed by atoms with Gasteiger partial charge in [0.15, 0.2) is 11.5 Å². The molecular formula is C22H27F3N2O3. The van der Waals surface area contributed by atoms with Crippen molar-refractivity contribution in [2.45, 2.75) is 39.3 Å². The van der Waals surface area contributed by atoms with E-state index in [4.69, 9.17) is 14.9 Å². The zero-order valence-corrected chi connectivity index (χ0v) is 17.4. The van der Waals surface area contributed by atoms with Crippen LogP contribution in [0, 0.1) is 17.2 Å². The second-order valence-corrected chi connectivity index (χ2v) is 7.48. The van der Waals surface area contributed by atoms with Crippen LogP contribution in [0.3, 0.4) is 0 Å². The maximum Gasteiger partial charge on any atom is 0.432 e. The first kappa shape index (κ1) is 23.8. The van der Waals surface area contributed by atoms with Gasteiger partial charge in [0.2, 0.25) is 0 Å². The SMILES string of the molecule is CCC(C)CC(=N)C(=O)C(COC)Cc1ccc(C2=COCC(C(F)(F)F)=N2)cc1.